The Kier molecular flexibility index (Phi) is 9.32. The van der Waals surface area contributed by atoms with Crippen LogP contribution in [0.15, 0.2) is 29.3 Å². The molecule has 0 aliphatic rings. The maximum Gasteiger partial charge on any atom is 0.193 e. The Labute approximate surface area is 138 Å². The minimum atomic E-state index is 0. The van der Waals surface area contributed by atoms with Crippen LogP contribution >= 0.6 is 24.0 Å². The summed E-state index contributed by atoms with van der Waals surface area (Å²) in [5, 5.41) is 3.05. The molecule has 0 amide bonds. The van der Waals surface area contributed by atoms with Crippen LogP contribution in [0, 0.1) is 0 Å². The van der Waals surface area contributed by atoms with Gasteiger partial charge in [-0.3, -0.25) is 4.99 Å². The minimum absolute atomic E-state index is 0. The summed E-state index contributed by atoms with van der Waals surface area (Å²) in [4.78, 5) is 6.52. The first kappa shape index (κ1) is 19.0. The number of benzene rings is 1. The fraction of sp³-hybridized carbons (Fsp3) is 0.500. The molecular weight excluding hydrogens is 367 g/mol. The molecule has 0 saturated heterocycles. The van der Waals surface area contributed by atoms with E-state index >= 15 is 0 Å². The van der Waals surface area contributed by atoms with Crippen molar-refractivity contribution < 1.29 is 4.74 Å². The first-order valence-electron chi connectivity index (χ1n) is 6.44. The van der Waals surface area contributed by atoms with Crippen molar-refractivity contribution in [3.05, 3.63) is 24.3 Å². The molecular formula is C14H25IN4O. The monoisotopic (exact) mass is 392 g/mol. The van der Waals surface area contributed by atoms with Crippen LogP contribution in [0.3, 0.4) is 0 Å². The van der Waals surface area contributed by atoms with Gasteiger partial charge in [0.2, 0.25) is 0 Å². The normalized spacial score (nSPS) is 11.4. The lowest BCUT2D eigenvalue weighted by molar-refractivity contribution is 0.282. The smallest absolute Gasteiger partial charge is 0.193 e. The molecule has 114 valence electrons. The third kappa shape index (κ3) is 6.95. The zero-order valence-electron chi connectivity index (χ0n) is 12.6. The Morgan fingerprint density at radius 1 is 1.35 bits per heavy atom. The third-order valence-electron chi connectivity index (χ3n) is 2.98. The first-order chi connectivity index (χ1) is 9.02. The molecule has 0 bridgehead atoms. The van der Waals surface area contributed by atoms with Gasteiger partial charge < -0.3 is 20.7 Å². The Morgan fingerprint density at radius 2 is 1.95 bits per heavy atom. The molecule has 0 aliphatic heterocycles. The van der Waals surface area contributed by atoms with Crippen molar-refractivity contribution in [2.24, 2.45) is 10.7 Å². The quantitative estimate of drug-likeness (QED) is 0.443. The number of rotatable bonds is 6. The summed E-state index contributed by atoms with van der Waals surface area (Å²) in [5.41, 5.74) is 6.73. The molecule has 1 rings (SSSR count). The van der Waals surface area contributed by atoms with Gasteiger partial charge in [0.15, 0.2) is 5.96 Å². The molecule has 1 aromatic carbocycles. The molecule has 5 nitrogen and oxygen atoms in total. The number of nitrogens with one attached hydrogen (secondary N) is 1. The van der Waals surface area contributed by atoms with Gasteiger partial charge in [-0.1, -0.05) is 0 Å². The number of hydrogen-bond donors (Lipinski definition) is 2. The molecule has 0 heterocycles. The standard InChI is InChI=1S/C14H24N4O.HI/c1-11(2)18(3)10-9-16-14(15)17-12-5-7-13(19-4)8-6-12;/h5-8,11H,9-10H2,1-4H3,(H3,15,16,17);1H. The van der Waals surface area contributed by atoms with Crippen LogP contribution in [0.5, 0.6) is 5.75 Å². The van der Waals surface area contributed by atoms with Crippen molar-refractivity contribution in [2.75, 3.05) is 32.6 Å². The molecule has 1 aromatic rings. The highest BCUT2D eigenvalue weighted by Crippen LogP contribution is 2.14. The molecule has 0 spiro atoms. The van der Waals surface area contributed by atoms with Gasteiger partial charge in [-0.15, -0.1) is 24.0 Å². The number of nitrogens with two attached hydrogens (primary N) is 1. The van der Waals surface area contributed by atoms with E-state index in [0.29, 0.717) is 18.5 Å². The topological polar surface area (TPSA) is 62.9 Å². The van der Waals surface area contributed by atoms with E-state index in [9.17, 15) is 0 Å². The molecule has 0 aliphatic carbocycles. The van der Waals surface area contributed by atoms with E-state index in [1.165, 1.54) is 0 Å². The maximum atomic E-state index is 5.83. The molecule has 0 radical (unpaired) electrons. The highest BCUT2D eigenvalue weighted by Gasteiger charge is 2.01. The van der Waals surface area contributed by atoms with Gasteiger partial charge >= 0.3 is 0 Å². The number of methoxy groups -OCH3 is 1. The molecule has 0 unspecified atom stereocenters. The Balaban J connectivity index is 0.00000361. The highest BCUT2D eigenvalue weighted by molar-refractivity contribution is 14.0. The van der Waals surface area contributed by atoms with Gasteiger partial charge in [-0.05, 0) is 45.2 Å². The molecule has 0 fully saturated rings. The lowest BCUT2D eigenvalue weighted by atomic mass is 10.3. The van der Waals surface area contributed by atoms with Gasteiger partial charge in [0.25, 0.3) is 0 Å². The van der Waals surface area contributed by atoms with E-state index in [4.69, 9.17) is 10.5 Å². The van der Waals surface area contributed by atoms with Crippen LogP contribution in [-0.4, -0.2) is 44.1 Å². The first-order valence-corrected chi connectivity index (χ1v) is 6.44. The van der Waals surface area contributed by atoms with Crippen LogP contribution in [-0.2, 0) is 0 Å². The molecule has 0 aromatic heterocycles. The van der Waals surface area contributed by atoms with Crippen LogP contribution in [0.25, 0.3) is 0 Å². The van der Waals surface area contributed by atoms with Gasteiger partial charge in [0, 0.05) is 18.3 Å². The van der Waals surface area contributed by atoms with E-state index < -0.39 is 0 Å². The lowest BCUT2D eigenvalue weighted by Gasteiger charge is -2.19. The summed E-state index contributed by atoms with van der Waals surface area (Å²) in [7, 11) is 3.72. The van der Waals surface area contributed by atoms with Crippen LogP contribution < -0.4 is 15.8 Å². The van der Waals surface area contributed by atoms with E-state index in [2.05, 4.69) is 36.1 Å². The second-order valence-electron chi connectivity index (χ2n) is 4.69. The predicted molar refractivity (Wildman–Crippen MR) is 96.3 cm³/mol. The number of aliphatic imine (C=N–C) groups is 1. The van der Waals surface area contributed by atoms with Crippen molar-refractivity contribution in [1.29, 1.82) is 0 Å². The number of hydrogen-bond acceptors (Lipinski definition) is 3. The highest BCUT2D eigenvalue weighted by atomic mass is 127. The predicted octanol–water partition coefficient (Wildman–Crippen LogP) is 2.38. The molecule has 20 heavy (non-hydrogen) atoms. The van der Waals surface area contributed by atoms with Gasteiger partial charge in [0.1, 0.15) is 5.75 Å². The largest absolute Gasteiger partial charge is 0.497 e. The Morgan fingerprint density at radius 3 is 2.45 bits per heavy atom. The summed E-state index contributed by atoms with van der Waals surface area (Å²) in [5.74, 6) is 1.25. The summed E-state index contributed by atoms with van der Waals surface area (Å²) >= 11 is 0. The Bertz CT molecular complexity index is 406. The molecule has 6 heteroatoms. The second kappa shape index (κ2) is 9.82. The second-order valence-corrected chi connectivity index (χ2v) is 4.69. The minimum Gasteiger partial charge on any atom is -0.497 e. The Hall–Kier alpha value is -1.02. The van der Waals surface area contributed by atoms with Gasteiger partial charge in [-0.25, -0.2) is 0 Å². The number of ether oxygens (including phenoxy) is 1. The average Bonchev–Trinajstić information content (AvgIpc) is 2.39. The summed E-state index contributed by atoms with van der Waals surface area (Å²) in [6, 6.07) is 8.08. The van der Waals surface area contributed by atoms with Crippen molar-refractivity contribution in [1.82, 2.24) is 4.90 Å². The SMILES string of the molecule is COc1ccc(NC(N)=NCCN(C)C(C)C)cc1.I. The summed E-state index contributed by atoms with van der Waals surface area (Å²) < 4.78 is 5.09. The zero-order chi connectivity index (χ0) is 14.3. The van der Waals surface area contributed by atoms with E-state index in [1.807, 2.05) is 24.3 Å². The van der Waals surface area contributed by atoms with Crippen LogP contribution in [0.1, 0.15) is 13.8 Å². The summed E-state index contributed by atoms with van der Waals surface area (Å²) in [6.07, 6.45) is 0. The van der Waals surface area contributed by atoms with Crippen LogP contribution in [0.2, 0.25) is 0 Å². The third-order valence-corrected chi connectivity index (χ3v) is 2.98. The summed E-state index contributed by atoms with van der Waals surface area (Å²) in [6.45, 7) is 5.89. The van der Waals surface area contributed by atoms with Crippen molar-refractivity contribution in [3.8, 4) is 5.75 Å². The number of guanidine groups is 1. The fourth-order valence-corrected chi connectivity index (χ4v) is 1.45. The van der Waals surface area contributed by atoms with Crippen LogP contribution in [0.4, 0.5) is 5.69 Å². The zero-order valence-corrected chi connectivity index (χ0v) is 14.9. The number of anilines is 1. The van der Waals surface area contributed by atoms with E-state index in [0.717, 1.165) is 18.0 Å². The van der Waals surface area contributed by atoms with Gasteiger partial charge in [0.05, 0.1) is 13.7 Å². The molecule has 3 N–H and O–H groups in total. The van der Waals surface area contributed by atoms with Crippen molar-refractivity contribution >= 4 is 35.6 Å². The fourth-order valence-electron chi connectivity index (χ4n) is 1.45. The molecule has 0 saturated carbocycles. The maximum absolute atomic E-state index is 5.83. The van der Waals surface area contributed by atoms with Gasteiger partial charge in [-0.2, -0.15) is 0 Å². The number of likely N-dealkylation sites (N-methyl/N-ethyl adjacent to an activating group) is 1. The van der Waals surface area contributed by atoms with E-state index in [-0.39, 0.29) is 24.0 Å². The lowest BCUT2D eigenvalue weighted by Crippen LogP contribution is -2.30. The average molecular weight is 392 g/mol. The molecule has 0 atom stereocenters. The van der Waals surface area contributed by atoms with E-state index in [1.54, 1.807) is 7.11 Å². The van der Waals surface area contributed by atoms with Crippen molar-refractivity contribution in [2.45, 2.75) is 19.9 Å². The number of nitrogens with zero attached hydrogens (tertiary/aromatic N) is 2. The van der Waals surface area contributed by atoms with Crippen molar-refractivity contribution in [3.63, 3.8) is 0 Å². The number of halogens is 1.